The normalized spacial score (nSPS) is 14.2. The highest BCUT2D eigenvalue weighted by Gasteiger charge is 2.17. The van der Waals surface area contributed by atoms with Gasteiger partial charge in [-0.05, 0) is 65.3 Å². The number of aromatic nitrogens is 4. The summed E-state index contributed by atoms with van der Waals surface area (Å²) < 4.78 is 8.47. The highest BCUT2D eigenvalue weighted by atomic mass is 127. The lowest BCUT2D eigenvalue weighted by Gasteiger charge is -2.08. The van der Waals surface area contributed by atoms with Crippen LogP contribution in [0.25, 0.3) is 22.4 Å². The molecule has 0 atom stereocenters. The van der Waals surface area contributed by atoms with Crippen LogP contribution < -0.4 is 5.32 Å². The number of carbonyl (C=O) groups is 1. The van der Waals surface area contributed by atoms with Crippen LogP contribution in [-0.2, 0) is 13.0 Å². The third kappa shape index (κ3) is 5.10. The van der Waals surface area contributed by atoms with Gasteiger partial charge in [-0.3, -0.25) is 4.79 Å². The van der Waals surface area contributed by atoms with Crippen LogP contribution in [0, 0.1) is 9.49 Å². The Bertz CT molecular complexity index is 1260. The molecule has 4 aromatic rings. The molecule has 0 spiro atoms. The first kappa shape index (κ1) is 22.1. The van der Waals surface area contributed by atoms with Crippen molar-refractivity contribution >= 4 is 39.5 Å². The summed E-state index contributed by atoms with van der Waals surface area (Å²) in [6.45, 7) is 1.16. The van der Waals surface area contributed by atoms with Gasteiger partial charge in [-0.1, -0.05) is 43.0 Å². The average Bonchev–Trinajstić information content (AvgIpc) is 3.59. The minimum absolute atomic E-state index is 0.0625. The second-order valence-corrected chi connectivity index (χ2v) is 9.74. The summed E-state index contributed by atoms with van der Waals surface area (Å²) in [5.74, 6) is 2.07. The van der Waals surface area contributed by atoms with Crippen LogP contribution in [0.3, 0.4) is 0 Å². The Labute approximate surface area is 206 Å². The van der Waals surface area contributed by atoms with E-state index in [1.54, 1.807) is 6.33 Å². The van der Waals surface area contributed by atoms with Crippen LogP contribution in [0.15, 0.2) is 53.3 Å². The van der Waals surface area contributed by atoms with Crippen molar-refractivity contribution in [1.29, 1.82) is 0 Å². The largest absolute Gasteiger partial charge is 0.350 e. The van der Waals surface area contributed by atoms with Gasteiger partial charge in [0, 0.05) is 28.6 Å². The van der Waals surface area contributed by atoms with E-state index in [9.17, 15) is 4.79 Å². The topological polar surface area (TPSA) is 85.8 Å². The summed E-state index contributed by atoms with van der Waals surface area (Å²) in [4.78, 5) is 21.6. The highest BCUT2D eigenvalue weighted by molar-refractivity contribution is 14.1. The maximum atomic E-state index is 12.4. The van der Waals surface area contributed by atoms with Gasteiger partial charge in [0.05, 0.1) is 22.9 Å². The summed E-state index contributed by atoms with van der Waals surface area (Å²) in [6, 6.07) is 13.6. The lowest BCUT2D eigenvalue weighted by atomic mass is 10.0. The number of rotatable bonds is 8. The van der Waals surface area contributed by atoms with Gasteiger partial charge >= 0.3 is 0 Å². The molecule has 8 heteroatoms. The molecule has 1 amide bonds. The molecule has 1 N–H and O–H groups in total. The molecule has 1 aliphatic carbocycles. The SMILES string of the molecule is O=C(NCCn1cnc2cc(-c3noc(CCC4CCCC4)n3)ccc21)c1ccccc1I. The minimum atomic E-state index is -0.0625. The van der Waals surface area contributed by atoms with Gasteiger partial charge in [0.1, 0.15) is 0 Å². The zero-order chi connectivity index (χ0) is 22.6. The quantitative estimate of drug-likeness (QED) is 0.301. The number of hydrogen-bond acceptors (Lipinski definition) is 5. The number of nitrogens with one attached hydrogen (secondary N) is 1. The van der Waals surface area contributed by atoms with Gasteiger partial charge in [0.15, 0.2) is 0 Å². The zero-order valence-electron chi connectivity index (χ0n) is 18.3. The van der Waals surface area contributed by atoms with Crippen LogP contribution in [-0.4, -0.2) is 32.1 Å². The number of halogens is 1. The predicted molar refractivity (Wildman–Crippen MR) is 135 cm³/mol. The van der Waals surface area contributed by atoms with Crippen LogP contribution in [0.2, 0.25) is 0 Å². The number of benzene rings is 2. The van der Waals surface area contributed by atoms with E-state index in [2.05, 4.69) is 43.0 Å². The Morgan fingerprint density at radius 2 is 2.03 bits per heavy atom. The van der Waals surface area contributed by atoms with E-state index < -0.39 is 0 Å². The van der Waals surface area contributed by atoms with Crippen LogP contribution >= 0.6 is 22.6 Å². The molecule has 0 bridgehead atoms. The first-order chi connectivity index (χ1) is 16.2. The number of nitrogens with zero attached hydrogens (tertiary/aromatic N) is 4. The molecule has 170 valence electrons. The van der Waals surface area contributed by atoms with Crippen molar-refractivity contribution < 1.29 is 9.32 Å². The van der Waals surface area contributed by atoms with Gasteiger partial charge in [-0.15, -0.1) is 0 Å². The highest BCUT2D eigenvalue weighted by Crippen LogP contribution is 2.29. The van der Waals surface area contributed by atoms with Crippen molar-refractivity contribution in [2.75, 3.05) is 6.54 Å². The lowest BCUT2D eigenvalue weighted by molar-refractivity contribution is 0.0951. The van der Waals surface area contributed by atoms with E-state index >= 15 is 0 Å². The number of imidazole rings is 1. The van der Waals surface area contributed by atoms with Gasteiger partial charge in [-0.25, -0.2) is 4.98 Å². The zero-order valence-corrected chi connectivity index (χ0v) is 20.5. The van der Waals surface area contributed by atoms with Crippen LogP contribution in [0.4, 0.5) is 0 Å². The number of aryl methyl sites for hydroxylation is 1. The third-order valence-corrected chi connectivity index (χ3v) is 7.29. The summed E-state index contributed by atoms with van der Waals surface area (Å²) in [7, 11) is 0. The molecule has 0 unspecified atom stereocenters. The molecule has 0 radical (unpaired) electrons. The van der Waals surface area contributed by atoms with Gasteiger partial charge in [-0.2, -0.15) is 4.98 Å². The molecule has 33 heavy (non-hydrogen) atoms. The maximum Gasteiger partial charge on any atom is 0.252 e. The number of amides is 1. The average molecular weight is 555 g/mol. The van der Waals surface area contributed by atoms with Crippen molar-refractivity contribution in [3.8, 4) is 11.4 Å². The Morgan fingerprint density at radius 3 is 2.88 bits per heavy atom. The van der Waals surface area contributed by atoms with Gasteiger partial charge in [0.25, 0.3) is 5.91 Å². The molecule has 2 aromatic carbocycles. The van der Waals surface area contributed by atoms with Crippen molar-refractivity contribution in [1.82, 2.24) is 25.0 Å². The summed E-state index contributed by atoms with van der Waals surface area (Å²) in [6.07, 6.45) is 9.14. The van der Waals surface area contributed by atoms with Crippen molar-refractivity contribution in [3.05, 3.63) is 63.8 Å². The van der Waals surface area contributed by atoms with E-state index in [1.165, 1.54) is 25.7 Å². The molecule has 1 aliphatic rings. The molecule has 1 saturated carbocycles. The number of fused-ring (bicyclic) bond motifs is 1. The van der Waals surface area contributed by atoms with E-state index in [-0.39, 0.29) is 5.91 Å². The second kappa shape index (κ2) is 10.0. The molecular formula is C25H26IN5O2. The van der Waals surface area contributed by atoms with E-state index in [0.717, 1.165) is 38.9 Å². The maximum absolute atomic E-state index is 12.4. The molecule has 0 saturated heterocycles. The smallest absolute Gasteiger partial charge is 0.252 e. The standard InChI is InChI=1S/C25H26IN5O2/c26-20-8-4-3-7-19(20)25(32)27-13-14-31-16-28-21-15-18(10-11-22(21)31)24-29-23(33-30-24)12-9-17-5-1-2-6-17/h3-4,7-8,10-11,15-17H,1-2,5-6,9,12-14H2,(H,27,32). The Kier molecular flexibility index (Phi) is 6.70. The predicted octanol–water partition coefficient (Wildman–Crippen LogP) is 5.24. The van der Waals surface area contributed by atoms with Crippen LogP contribution in [0.1, 0.15) is 48.4 Å². The summed E-state index contributed by atoms with van der Waals surface area (Å²) >= 11 is 2.18. The summed E-state index contributed by atoms with van der Waals surface area (Å²) in [5, 5.41) is 7.17. The van der Waals surface area contributed by atoms with Crippen molar-refractivity contribution in [2.24, 2.45) is 5.92 Å². The Morgan fingerprint density at radius 1 is 1.18 bits per heavy atom. The van der Waals surface area contributed by atoms with Crippen molar-refractivity contribution in [3.63, 3.8) is 0 Å². The second-order valence-electron chi connectivity index (χ2n) is 8.58. The fourth-order valence-electron chi connectivity index (χ4n) is 4.51. The lowest BCUT2D eigenvalue weighted by Crippen LogP contribution is -2.27. The van der Waals surface area contributed by atoms with E-state index in [0.29, 0.717) is 30.4 Å². The first-order valence-electron chi connectivity index (χ1n) is 11.5. The van der Waals surface area contributed by atoms with Gasteiger partial charge < -0.3 is 14.4 Å². The van der Waals surface area contributed by atoms with Gasteiger partial charge in [0.2, 0.25) is 11.7 Å². The number of carbonyl (C=O) groups excluding carboxylic acids is 1. The molecule has 2 aromatic heterocycles. The Balaban J connectivity index is 1.21. The fraction of sp³-hybridized carbons (Fsp3) is 0.360. The monoisotopic (exact) mass is 555 g/mol. The Hall–Kier alpha value is -2.75. The molecular weight excluding hydrogens is 529 g/mol. The van der Waals surface area contributed by atoms with E-state index in [4.69, 9.17) is 4.52 Å². The van der Waals surface area contributed by atoms with E-state index in [1.807, 2.05) is 47.0 Å². The van der Waals surface area contributed by atoms with Crippen molar-refractivity contribution in [2.45, 2.75) is 45.1 Å². The van der Waals surface area contributed by atoms with Crippen LogP contribution in [0.5, 0.6) is 0 Å². The number of hydrogen-bond donors (Lipinski definition) is 1. The molecule has 0 aliphatic heterocycles. The fourth-order valence-corrected chi connectivity index (χ4v) is 5.14. The molecule has 2 heterocycles. The third-order valence-electron chi connectivity index (χ3n) is 6.35. The molecule has 5 rings (SSSR count). The molecule has 1 fully saturated rings. The summed E-state index contributed by atoms with van der Waals surface area (Å²) in [5.41, 5.74) is 3.47. The molecule has 7 nitrogen and oxygen atoms in total. The minimum Gasteiger partial charge on any atom is -0.350 e. The first-order valence-corrected chi connectivity index (χ1v) is 12.6.